The zero-order chi connectivity index (χ0) is 22.3. The first-order chi connectivity index (χ1) is 14.1. The molecule has 2 aromatic carbocycles. The van der Waals surface area contributed by atoms with E-state index in [0.29, 0.717) is 16.7 Å². The molecule has 0 aliphatic rings. The Balaban J connectivity index is 2.35. The number of amides is 2. The van der Waals surface area contributed by atoms with Crippen LogP contribution in [0.1, 0.15) is 19.4 Å². The molecule has 1 N–H and O–H groups in total. The van der Waals surface area contributed by atoms with E-state index in [4.69, 9.17) is 0 Å². The van der Waals surface area contributed by atoms with Crippen LogP contribution < -0.4 is 9.62 Å². The van der Waals surface area contributed by atoms with Gasteiger partial charge >= 0.3 is 0 Å². The quantitative estimate of drug-likeness (QED) is 0.579. The Bertz CT molecular complexity index is 983. The van der Waals surface area contributed by atoms with Gasteiger partial charge in [0.05, 0.1) is 11.9 Å². The smallest absolute Gasteiger partial charge is 0.244 e. The van der Waals surface area contributed by atoms with Crippen molar-refractivity contribution < 1.29 is 18.0 Å². The maximum Gasteiger partial charge on any atom is 0.244 e. The van der Waals surface area contributed by atoms with Crippen molar-refractivity contribution in [1.82, 2.24) is 10.2 Å². The fourth-order valence-electron chi connectivity index (χ4n) is 2.93. The molecule has 2 aromatic rings. The van der Waals surface area contributed by atoms with Crippen LogP contribution in [0, 0.1) is 0 Å². The van der Waals surface area contributed by atoms with Crippen molar-refractivity contribution in [3.8, 4) is 0 Å². The summed E-state index contributed by atoms with van der Waals surface area (Å²) in [5.41, 5.74) is 1.21. The second-order valence-corrected chi connectivity index (χ2v) is 9.65. The standard InChI is InChI=1S/C21H26BrN3O4S/c1-4-23-21(27)16(2)24(14-17-9-6-5-7-10-17)20(26)15-25(30(3,28)29)19-12-8-11-18(22)13-19/h5-13,16H,4,14-15H2,1-3H3,(H,23,27)/t16-/m1/s1. The molecule has 7 nitrogen and oxygen atoms in total. The summed E-state index contributed by atoms with van der Waals surface area (Å²) in [6.45, 7) is 3.65. The molecular formula is C21H26BrN3O4S. The topological polar surface area (TPSA) is 86.8 Å². The van der Waals surface area contributed by atoms with Gasteiger partial charge in [-0.05, 0) is 37.6 Å². The van der Waals surface area contributed by atoms with Gasteiger partial charge in [0.2, 0.25) is 21.8 Å². The molecule has 0 unspecified atom stereocenters. The number of rotatable bonds is 9. The first kappa shape index (κ1) is 23.9. The minimum atomic E-state index is -3.73. The Morgan fingerprint density at radius 1 is 1.10 bits per heavy atom. The third kappa shape index (κ3) is 6.56. The fraction of sp³-hybridized carbons (Fsp3) is 0.333. The van der Waals surface area contributed by atoms with Crippen LogP contribution in [-0.2, 0) is 26.2 Å². The van der Waals surface area contributed by atoms with E-state index in [2.05, 4.69) is 21.2 Å². The summed E-state index contributed by atoms with van der Waals surface area (Å²) in [5, 5.41) is 2.72. The van der Waals surface area contributed by atoms with Gasteiger partial charge in [-0.25, -0.2) is 8.42 Å². The lowest BCUT2D eigenvalue weighted by Gasteiger charge is -2.31. The summed E-state index contributed by atoms with van der Waals surface area (Å²) in [4.78, 5) is 27.1. The maximum atomic E-state index is 13.2. The molecule has 0 aromatic heterocycles. The van der Waals surface area contributed by atoms with Crippen molar-refractivity contribution in [3.05, 3.63) is 64.6 Å². The summed E-state index contributed by atoms with van der Waals surface area (Å²) in [5.74, 6) is -0.766. The average molecular weight is 496 g/mol. The molecule has 0 saturated heterocycles. The number of likely N-dealkylation sites (N-methyl/N-ethyl adjacent to an activating group) is 1. The van der Waals surface area contributed by atoms with Crippen LogP contribution in [0.4, 0.5) is 5.69 Å². The maximum absolute atomic E-state index is 13.2. The van der Waals surface area contributed by atoms with E-state index in [1.807, 2.05) is 30.3 Å². The zero-order valence-corrected chi connectivity index (χ0v) is 19.6. The normalized spacial score (nSPS) is 12.1. The zero-order valence-electron chi connectivity index (χ0n) is 17.2. The molecule has 9 heteroatoms. The summed E-state index contributed by atoms with van der Waals surface area (Å²) in [6.07, 6.45) is 1.05. The SMILES string of the molecule is CCNC(=O)[C@@H](C)N(Cc1ccccc1)C(=O)CN(c1cccc(Br)c1)S(C)(=O)=O. The lowest BCUT2D eigenvalue weighted by Crippen LogP contribution is -2.51. The van der Waals surface area contributed by atoms with Crippen LogP contribution >= 0.6 is 15.9 Å². The van der Waals surface area contributed by atoms with E-state index < -0.39 is 28.5 Å². The van der Waals surface area contributed by atoms with Crippen LogP contribution in [0.5, 0.6) is 0 Å². The third-order valence-electron chi connectivity index (χ3n) is 4.49. The van der Waals surface area contributed by atoms with Crippen molar-refractivity contribution in [2.45, 2.75) is 26.4 Å². The van der Waals surface area contributed by atoms with Crippen LogP contribution in [-0.4, -0.2) is 50.5 Å². The van der Waals surface area contributed by atoms with Gasteiger partial charge in [0, 0.05) is 17.6 Å². The number of halogens is 1. The molecule has 2 rings (SSSR count). The van der Waals surface area contributed by atoms with Crippen LogP contribution in [0.3, 0.4) is 0 Å². The van der Waals surface area contributed by atoms with Crippen molar-refractivity contribution in [1.29, 1.82) is 0 Å². The van der Waals surface area contributed by atoms with Gasteiger partial charge in [-0.2, -0.15) is 0 Å². The Kier molecular flexibility index (Phi) is 8.43. The molecule has 0 spiro atoms. The number of carbonyl (C=O) groups is 2. The Morgan fingerprint density at radius 3 is 2.33 bits per heavy atom. The largest absolute Gasteiger partial charge is 0.355 e. The Morgan fingerprint density at radius 2 is 1.77 bits per heavy atom. The molecule has 2 amide bonds. The highest BCUT2D eigenvalue weighted by Gasteiger charge is 2.29. The fourth-order valence-corrected chi connectivity index (χ4v) is 4.16. The number of hydrogen-bond acceptors (Lipinski definition) is 4. The van der Waals surface area contributed by atoms with Crippen molar-refractivity contribution in [2.24, 2.45) is 0 Å². The van der Waals surface area contributed by atoms with Gasteiger partial charge in [-0.15, -0.1) is 0 Å². The predicted molar refractivity (Wildman–Crippen MR) is 121 cm³/mol. The Labute approximate surface area is 186 Å². The number of sulfonamides is 1. The van der Waals surface area contributed by atoms with Gasteiger partial charge in [0.1, 0.15) is 12.6 Å². The van der Waals surface area contributed by atoms with Gasteiger partial charge < -0.3 is 10.2 Å². The van der Waals surface area contributed by atoms with Crippen molar-refractivity contribution in [3.63, 3.8) is 0 Å². The molecular weight excluding hydrogens is 470 g/mol. The summed E-state index contributed by atoms with van der Waals surface area (Å²) in [6, 6.07) is 15.2. The molecule has 0 aliphatic carbocycles. The monoisotopic (exact) mass is 495 g/mol. The second-order valence-electron chi connectivity index (χ2n) is 6.83. The lowest BCUT2D eigenvalue weighted by atomic mass is 10.1. The number of nitrogens with zero attached hydrogens (tertiary/aromatic N) is 2. The molecule has 0 radical (unpaired) electrons. The van der Waals surface area contributed by atoms with Crippen molar-refractivity contribution in [2.75, 3.05) is 23.7 Å². The van der Waals surface area contributed by atoms with Crippen LogP contribution in [0.25, 0.3) is 0 Å². The van der Waals surface area contributed by atoms with Gasteiger partial charge in [-0.3, -0.25) is 13.9 Å². The molecule has 30 heavy (non-hydrogen) atoms. The molecule has 0 fully saturated rings. The first-order valence-corrected chi connectivity index (χ1v) is 12.1. The minimum absolute atomic E-state index is 0.189. The number of nitrogens with one attached hydrogen (secondary N) is 1. The summed E-state index contributed by atoms with van der Waals surface area (Å²) < 4.78 is 26.6. The molecule has 0 aliphatic heterocycles. The van der Waals surface area contributed by atoms with Gasteiger partial charge in [0.15, 0.2) is 0 Å². The van der Waals surface area contributed by atoms with E-state index in [9.17, 15) is 18.0 Å². The van der Waals surface area contributed by atoms with E-state index in [1.165, 1.54) is 4.90 Å². The summed E-state index contributed by atoms with van der Waals surface area (Å²) >= 11 is 3.33. The van der Waals surface area contributed by atoms with Crippen molar-refractivity contribution >= 4 is 43.5 Å². The van der Waals surface area contributed by atoms with E-state index in [-0.39, 0.29) is 12.5 Å². The predicted octanol–water partition coefficient (Wildman–Crippen LogP) is 2.77. The highest BCUT2D eigenvalue weighted by atomic mass is 79.9. The van der Waals surface area contributed by atoms with E-state index in [1.54, 1.807) is 38.1 Å². The van der Waals surface area contributed by atoms with Crippen LogP contribution in [0.15, 0.2) is 59.1 Å². The van der Waals surface area contributed by atoms with Gasteiger partial charge in [0.25, 0.3) is 0 Å². The number of anilines is 1. The highest BCUT2D eigenvalue weighted by Crippen LogP contribution is 2.22. The molecule has 0 bridgehead atoms. The number of benzene rings is 2. The minimum Gasteiger partial charge on any atom is -0.355 e. The highest BCUT2D eigenvalue weighted by molar-refractivity contribution is 9.10. The lowest BCUT2D eigenvalue weighted by molar-refractivity contribution is -0.139. The number of hydrogen-bond donors (Lipinski definition) is 1. The third-order valence-corrected chi connectivity index (χ3v) is 6.12. The molecule has 162 valence electrons. The summed E-state index contributed by atoms with van der Waals surface area (Å²) in [7, 11) is -3.73. The molecule has 0 saturated carbocycles. The number of carbonyl (C=O) groups excluding carboxylic acids is 2. The van der Waals surface area contributed by atoms with E-state index >= 15 is 0 Å². The molecule has 1 atom stereocenters. The van der Waals surface area contributed by atoms with Gasteiger partial charge in [-0.1, -0.05) is 52.3 Å². The first-order valence-electron chi connectivity index (χ1n) is 9.48. The molecule has 0 heterocycles. The van der Waals surface area contributed by atoms with E-state index in [0.717, 1.165) is 16.1 Å². The Hall–Kier alpha value is -2.39. The average Bonchev–Trinajstić information content (AvgIpc) is 2.69. The van der Waals surface area contributed by atoms with Crippen LogP contribution in [0.2, 0.25) is 0 Å². The second kappa shape index (κ2) is 10.6.